The van der Waals surface area contributed by atoms with E-state index in [9.17, 15) is 4.39 Å². The van der Waals surface area contributed by atoms with Crippen molar-refractivity contribution < 1.29 is 4.39 Å². The molecule has 0 aliphatic heterocycles. The highest BCUT2D eigenvalue weighted by Crippen LogP contribution is 2.16. The number of nitrogens with zero attached hydrogens (tertiary/aromatic N) is 2. The molecule has 1 aromatic carbocycles. The summed E-state index contributed by atoms with van der Waals surface area (Å²) in [6.07, 6.45) is 0.880. The fourth-order valence-electron chi connectivity index (χ4n) is 1.89. The molecule has 0 aliphatic carbocycles. The Kier molecular flexibility index (Phi) is 7.47. The molecule has 0 bridgehead atoms. The maximum absolute atomic E-state index is 13.6. The fourth-order valence-corrected chi connectivity index (χ4v) is 1.89. The molecule has 0 saturated carbocycles. The van der Waals surface area contributed by atoms with E-state index in [-0.39, 0.29) is 5.82 Å². The van der Waals surface area contributed by atoms with Gasteiger partial charge in [-0.15, -0.1) is 0 Å². The lowest BCUT2D eigenvalue weighted by Crippen LogP contribution is -2.37. The summed E-state index contributed by atoms with van der Waals surface area (Å²) in [6.45, 7) is 7.27. The molecule has 1 aromatic rings. The molecular weight excluding hydrogens is 255 g/mol. The Morgan fingerprint density at radius 2 is 1.85 bits per heavy atom. The van der Waals surface area contributed by atoms with Crippen LogP contribution in [0.15, 0.2) is 29.3 Å². The Bertz CT molecular complexity index is 412. The van der Waals surface area contributed by atoms with Gasteiger partial charge in [-0.05, 0) is 32.4 Å². The van der Waals surface area contributed by atoms with Gasteiger partial charge in [-0.25, -0.2) is 4.39 Å². The number of benzene rings is 1. The topological polar surface area (TPSA) is 39.7 Å². The number of halogens is 1. The van der Waals surface area contributed by atoms with Crippen molar-refractivity contribution in [3.8, 4) is 0 Å². The van der Waals surface area contributed by atoms with E-state index in [1.807, 2.05) is 31.9 Å². The molecule has 0 fully saturated rings. The Morgan fingerprint density at radius 3 is 2.45 bits per heavy atom. The zero-order valence-corrected chi connectivity index (χ0v) is 12.6. The summed E-state index contributed by atoms with van der Waals surface area (Å²) in [5, 5.41) is 6.36. The van der Waals surface area contributed by atoms with Crippen molar-refractivity contribution in [3.05, 3.63) is 30.1 Å². The van der Waals surface area contributed by atoms with Crippen LogP contribution >= 0.6 is 0 Å². The summed E-state index contributed by atoms with van der Waals surface area (Å²) < 4.78 is 13.6. The first-order valence-corrected chi connectivity index (χ1v) is 7.16. The second kappa shape index (κ2) is 9.18. The minimum atomic E-state index is -0.181. The van der Waals surface area contributed by atoms with E-state index >= 15 is 0 Å². The standard InChI is InChI=1S/C15H25FN4/c1-4-17-15(18-5-2)19-11-8-12-20(3)14-10-7-6-9-13(14)16/h6-7,9-10H,4-5,8,11-12H2,1-3H3,(H2,17,18,19). The summed E-state index contributed by atoms with van der Waals surface area (Å²) in [4.78, 5) is 6.39. The van der Waals surface area contributed by atoms with Crippen LogP contribution in [0.5, 0.6) is 0 Å². The minimum Gasteiger partial charge on any atom is -0.372 e. The molecule has 20 heavy (non-hydrogen) atoms. The van der Waals surface area contributed by atoms with Gasteiger partial charge in [0, 0.05) is 33.2 Å². The van der Waals surface area contributed by atoms with Crippen LogP contribution in [0.3, 0.4) is 0 Å². The monoisotopic (exact) mass is 280 g/mol. The quantitative estimate of drug-likeness (QED) is 0.457. The first kappa shape index (κ1) is 16.3. The van der Waals surface area contributed by atoms with E-state index in [2.05, 4.69) is 15.6 Å². The van der Waals surface area contributed by atoms with Gasteiger partial charge in [0.2, 0.25) is 0 Å². The zero-order chi connectivity index (χ0) is 14.8. The highest BCUT2D eigenvalue weighted by atomic mass is 19.1. The van der Waals surface area contributed by atoms with Gasteiger partial charge < -0.3 is 15.5 Å². The van der Waals surface area contributed by atoms with Crippen LogP contribution in [0, 0.1) is 5.82 Å². The minimum absolute atomic E-state index is 0.181. The lowest BCUT2D eigenvalue weighted by atomic mass is 10.2. The van der Waals surface area contributed by atoms with Gasteiger partial charge in [-0.2, -0.15) is 0 Å². The van der Waals surface area contributed by atoms with Gasteiger partial charge in [0.1, 0.15) is 5.82 Å². The van der Waals surface area contributed by atoms with Crippen molar-refractivity contribution in [1.29, 1.82) is 0 Å². The van der Waals surface area contributed by atoms with Crippen LogP contribution in [-0.2, 0) is 0 Å². The molecule has 0 radical (unpaired) electrons. The summed E-state index contributed by atoms with van der Waals surface area (Å²) in [5.41, 5.74) is 0.634. The van der Waals surface area contributed by atoms with Crippen LogP contribution in [0.25, 0.3) is 0 Å². The largest absolute Gasteiger partial charge is 0.372 e. The molecule has 1 rings (SSSR count). The molecule has 0 saturated heterocycles. The Hall–Kier alpha value is -1.78. The van der Waals surface area contributed by atoms with Crippen molar-refractivity contribution >= 4 is 11.6 Å². The number of anilines is 1. The summed E-state index contributed by atoms with van der Waals surface area (Å²) in [6, 6.07) is 6.83. The normalized spacial score (nSPS) is 10.0. The number of hydrogen-bond donors (Lipinski definition) is 2. The first-order chi connectivity index (χ1) is 9.69. The predicted octanol–water partition coefficient (Wildman–Crippen LogP) is 2.23. The SMILES string of the molecule is CCNC(=NCCCN(C)c1ccccc1F)NCC. The number of nitrogens with one attached hydrogen (secondary N) is 2. The molecule has 2 N–H and O–H groups in total. The fraction of sp³-hybridized carbons (Fsp3) is 0.533. The molecule has 5 heteroatoms. The van der Waals surface area contributed by atoms with Crippen LogP contribution in [-0.4, -0.2) is 39.2 Å². The average molecular weight is 280 g/mol. The second-order valence-corrected chi connectivity index (χ2v) is 4.52. The van der Waals surface area contributed by atoms with E-state index in [0.29, 0.717) is 12.2 Å². The Morgan fingerprint density at radius 1 is 1.20 bits per heavy atom. The number of guanidine groups is 1. The summed E-state index contributed by atoms with van der Waals surface area (Å²) in [7, 11) is 1.90. The van der Waals surface area contributed by atoms with E-state index in [4.69, 9.17) is 0 Å². The molecule has 0 atom stereocenters. The Balaban J connectivity index is 2.40. The van der Waals surface area contributed by atoms with Crippen LogP contribution < -0.4 is 15.5 Å². The van der Waals surface area contributed by atoms with Crippen molar-refractivity contribution in [1.82, 2.24) is 10.6 Å². The third-order valence-corrected chi connectivity index (χ3v) is 2.87. The Labute approximate surface area is 121 Å². The van der Waals surface area contributed by atoms with E-state index in [1.165, 1.54) is 6.07 Å². The molecule has 0 unspecified atom stereocenters. The van der Waals surface area contributed by atoms with Crippen LogP contribution in [0.2, 0.25) is 0 Å². The third-order valence-electron chi connectivity index (χ3n) is 2.87. The summed E-state index contributed by atoms with van der Waals surface area (Å²) in [5.74, 6) is 0.656. The number of para-hydroxylation sites is 1. The molecule has 0 amide bonds. The number of hydrogen-bond acceptors (Lipinski definition) is 2. The number of rotatable bonds is 7. The van der Waals surface area contributed by atoms with Crippen LogP contribution in [0.4, 0.5) is 10.1 Å². The lowest BCUT2D eigenvalue weighted by Gasteiger charge is -2.19. The van der Waals surface area contributed by atoms with Gasteiger partial charge >= 0.3 is 0 Å². The van der Waals surface area contributed by atoms with Gasteiger partial charge in [0.05, 0.1) is 5.69 Å². The van der Waals surface area contributed by atoms with Gasteiger partial charge in [-0.3, -0.25) is 4.99 Å². The summed E-state index contributed by atoms with van der Waals surface area (Å²) >= 11 is 0. The van der Waals surface area contributed by atoms with Gasteiger partial charge in [-0.1, -0.05) is 12.1 Å². The molecule has 0 aromatic heterocycles. The number of aliphatic imine (C=N–C) groups is 1. The van der Waals surface area contributed by atoms with E-state index < -0.39 is 0 Å². The average Bonchev–Trinajstić information content (AvgIpc) is 2.44. The van der Waals surface area contributed by atoms with Crippen molar-refractivity contribution in [2.75, 3.05) is 38.1 Å². The molecule has 4 nitrogen and oxygen atoms in total. The van der Waals surface area contributed by atoms with Crippen molar-refractivity contribution in [3.63, 3.8) is 0 Å². The third kappa shape index (κ3) is 5.47. The van der Waals surface area contributed by atoms with E-state index in [0.717, 1.165) is 32.0 Å². The van der Waals surface area contributed by atoms with Crippen molar-refractivity contribution in [2.24, 2.45) is 4.99 Å². The predicted molar refractivity (Wildman–Crippen MR) is 83.9 cm³/mol. The molecule has 112 valence electrons. The first-order valence-electron chi connectivity index (χ1n) is 7.16. The van der Waals surface area contributed by atoms with Crippen molar-refractivity contribution in [2.45, 2.75) is 20.3 Å². The van der Waals surface area contributed by atoms with E-state index in [1.54, 1.807) is 12.1 Å². The molecular formula is C15H25FN4. The van der Waals surface area contributed by atoms with Gasteiger partial charge in [0.15, 0.2) is 5.96 Å². The molecule has 0 spiro atoms. The maximum Gasteiger partial charge on any atom is 0.191 e. The lowest BCUT2D eigenvalue weighted by molar-refractivity contribution is 0.620. The smallest absolute Gasteiger partial charge is 0.191 e. The second-order valence-electron chi connectivity index (χ2n) is 4.52. The molecule has 0 aliphatic rings. The van der Waals surface area contributed by atoms with Gasteiger partial charge in [0.25, 0.3) is 0 Å². The molecule has 0 heterocycles. The zero-order valence-electron chi connectivity index (χ0n) is 12.6. The maximum atomic E-state index is 13.6. The highest BCUT2D eigenvalue weighted by molar-refractivity contribution is 5.79. The highest BCUT2D eigenvalue weighted by Gasteiger charge is 2.05. The van der Waals surface area contributed by atoms with Crippen LogP contribution in [0.1, 0.15) is 20.3 Å².